The quantitative estimate of drug-likeness (QED) is 0.857. The first-order valence-corrected chi connectivity index (χ1v) is 5.70. The highest BCUT2D eigenvalue weighted by Gasteiger charge is 2.34. The van der Waals surface area contributed by atoms with Crippen molar-refractivity contribution in [1.82, 2.24) is 4.57 Å². The molecule has 2 rings (SSSR count). The van der Waals surface area contributed by atoms with Crippen LogP contribution >= 0.6 is 11.3 Å². The zero-order valence-corrected chi connectivity index (χ0v) is 9.48. The van der Waals surface area contributed by atoms with Gasteiger partial charge in [0.2, 0.25) is 0 Å². The van der Waals surface area contributed by atoms with Crippen LogP contribution in [0.4, 0.5) is 13.2 Å². The van der Waals surface area contributed by atoms with Crippen LogP contribution in [0.5, 0.6) is 0 Å². The molecule has 0 saturated heterocycles. The van der Waals surface area contributed by atoms with Gasteiger partial charge in [-0.3, -0.25) is 5.41 Å². The molecule has 0 bridgehead atoms. The Hall–Kier alpha value is -1.56. The monoisotopic (exact) mass is 258 g/mol. The summed E-state index contributed by atoms with van der Waals surface area (Å²) in [7, 11) is 0. The van der Waals surface area contributed by atoms with Gasteiger partial charge in [0.25, 0.3) is 0 Å². The number of halogens is 3. The van der Waals surface area contributed by atoms with Crippen molar-refractivity contribution in [3.63, 3.8) is 0 Å². The van der Waals surface area contributed by atoms with Gasteiger partial charge >= 0.3 is 6.18 Å². The van der Waals surface area contributed by atoms with E-state index in [9.17, 15) is 13.2 Å². The number of thiazole rings is 1. The predicted molar refractivity (Wildman–Crippen MR) is 58.7 cm³/mol. The molecule has 1 aromatic heterocycles. The third kappa shape index (κ3) is 2.58. The normalized spacial score (nSPS) is 11.7. The topological polar surface area (TPSA) is 28.8 Å². The Bertz CT molecular complexity index is 554. The number of rotatable bonds is 2. The van der Waals surface area contributed by atoms with E-state index in [0.29, 0.717) is 0 Å². The fourth-order valence-corrected chi connectivity index (χ4v) is 2.27. The predicted octanol–water partition coefficient (Wildman–Crippen LogP) is 3.10. The number of benzene rings is 1. The summed E-state index contributed by atoms with van der Waals surface area (Å²) < 4.78 is 39.0. The average molecular weight is 258 g/mol. The molecule has 17 heavy (non-hydrogen) atoms. The van der Waals surface area contributed by atoms with E-state index in [-0.39, 0.29) is 11.3 Å². The molecule has 0 fully saturated rings. The molecule has 1 N–H and O–H groups in total. The van der Waals surface area contributed by atoms with Gasteiger partial charge in [0.05, 0.1) is 6.54 Å². The Morgan fingerprint density at radius 3 is 2.41 bits per heavy atom. The molecule has 0 aliphatic carbocycles. The van der Waals surface area contributed by atoms with Gasteiger partial charge in [0.1, 0.15) is 5.69 Å². The second kappa shape index (κ2) is 4.37. The molecule has 90 valence electrons. The lowest BCUT2D eigenvalue weighted by Gasteiger charge is -2.11. The molecular weight excluding hydrogens is 249 g/mol. The lowest BCUT2D eigenvalue weighted by Crippen LogP contribution is -2.22. The highest BCUT2D eigenvalue weighted by Crippen LogP contribution is 2.29. The van der Waals surface area contributed by atoms with Crippen molar-refractivity contribution in [2.75, 3.05) is 0 Å². The Morgan fingerprint density at radius 2 is 1.82 bits per heavy atom. The molecule has 6 heteroatoms. The van der Waals surface area contributed by atoms with Crippen molar-refractivity contribution < 1.29 is 13.2 Å². The molecule has 0 saturated carbocycles. The third-order valence-corrected chi connectivity index (χ3v) is 3.08. The number of nitrogens with one attached hydrogen (secondary N) is 1. The zero-order valence-electron chi connectivity index (χ0n) is 8.66. The molecule has 0 unspecified atom stereocenters. The Labute approximate surface area is 99.5 Å². The molecule has 0 spiro atoms. The number of nitrogens with zero attached hydrogens (tertiary/aromatic N) is 1. The second-order valence-corrected chi connectivity index (χ2v) is 4.35. The molecule has 2 nitrogen and oxygen atoms in total. The maximum absolute atomic E-state index is 12.7. The highest BCUT2D eigenvalue weighted by molar-refractivity contribution is 7.07. The van der Waals surface area contributed by atoms with Crippen LogP contribution in [0, 0.1) is 5.41 Å². The minimum atomic E-state index is -4.41. The van der Waals surface area contributed by atoms with Gasteiger partial charge in [-0.05, 0) is 5.56 Å². The Balaban J connectivity index is 2.40. The van der Waals surface area contributed by atoms with E-state index >= 15 is 0 Å². The first kappa shape index (κ1) is 11.9. The van der Waals surface area contributed by atoms with Crippen molar-refractivity contribution >= 4 is 11.3 Å². The van der Waals surface area contributed by atoms with Gasteiger partial charge in [-0.2, -0.15) is 13.2 Å². The summed E-state index contributed by atoms with van der Waals surface area (Å²) in [4.78, 5) is -0.0961. The standard InChI is InChI=1S/C11H9F3N2S/c12-11(13,14)9-7-17-10(15)16(9)6-8-4-2-1-3-5-8/h1-5,7,15H,6H2. The van der Waals surface area contributed by atoms with Gasteiger partial charge in [-0.1, -0.05) is 30.3 Å². The van der Waals surface area contributed by atoms with Crippen LogP contribution in [0.3, 0.4) is 0 Å². The largest absolute Gasteiger partial charge is 0.432 e. The van der Waals surface area contributed by atoms with Gasteiger partial charge in [0.15, 0.2) is 4.80 Å². The second-order valence-electron chi connectivity index (χ2n) is 3.50. The van der Waals surface area contributed by atoms with Gasteiger partial charge in [0, 0.05) is 5.38 Å². The van der Waals surface area contributed by atoms with Crippen molar-refractivity contribution in [2.24, 2.45) is 0 Å². The third-order valence-electron chi connectivity index (χ3n) is 2.29. The van der Waals surface area contributed by atoms with E-state index < -0.39 is 11.9 Å². The molecule has 0 amide bonds. The molecular formula is C11H9F3N2S. The van der Waals surface area contributed by atoms with Crippen molar-refractivity contribution in [2.45, 2.75) is 12.7 Å². The minimum absolute atomic E-state index is 0.0675. The number of hydrogen-bond donors (Lipinski definition) is 1. The lowest BCUT2D eigenvalue weighted by atomic mass is 10.2. The maximum Gasteiger partial charge on any atom is 0.432 e. The van der Waals surface area contributed by atoms with Crippen LogP contribution in [-0.4, -0.2) is 4.57 Å². The number of alkyl halides is 3. The molecule has 1 aromatic carbocycles. The van der Waals surface area contributed by atoms with E-state index in [4.69, 9.17) is 5.41 Å². The molecule has 0 atom stereocenters. The zero-order chi connectivity index (χ0) is 12.5. The van der Waals surface area contributed by atoms with Crippen LogP contribution in [0.25, 0.3) is 0 Å². The summed E-state index contributed by atoms with van der Waals surface area (Å²) >= 11 is 0.787. The minimum Gasteiger partial charge on any atom is -0.309 e. The Kier molecular flexibility index (Phi) is 3.06. The maximum atomic E-state index is 12.7. The molecule has 0 aliphatic heterocycles. The van der Waals surface area contributed by atoms with Crippen molar-refractivity contribution in [3.05, 3.63) is 51.8 Å². The molecule has 2 aromatic rings. The molecule has 0 radical (unpaired) electrons. The van der Waals surface area contributed by atoms with Crippen LogP contribution in [0.2, 0.25) is 0 Å². The molecule has 0 aliphatic rings. The summed E-state index contributed by atoms with van der Waals surface area (Å²) in [6.45, 7) is 0.0675. The summed E-state index contributed by atoms with van der Waals surface area (Å²) in [6, 6.07) is 8.81. The van der Waals surface area contributed by atoms with Crippen LogP contribution < -0.4 is 4.80 Å². The first-order valence-electron chi connectivity index (χ1n) is 4.82. The average Bonchev–Trinajstić information content (AvgIpc) is 2.62. The summed E-state index contributed by atoms with van der Waals surface area (Å²) in [5, 5.41) is 8.48. The van der Waals surface area contributed by atoms with Crippen molar-refractivity contribution in [1.29, 1.82) is 5.41 Å². The van der Waals surface area contributed by atoms with E-state index in [2.05, 4.69) is 0 Å². The highest BCUT2D eigenvalue weighted by atomic mass is 32.1. The number of hydrogen-bond acceptors (Lipinski definition) is 2. The SMILES string of the molecule is N=c1scc(C(F)(F)F)n1Cc1ccccc1. The number of aromatic nitrogens is 1. The van der Waals surface area contributed by atoms with Crippen molar-refractivity contribution in [3.8, 4) is 0 Å². The van der Waals surface area contributed by atoms with E-state index in [1.165, 1.54) is 0 Å². The van der Waals surface area contributed by atoms with Crippen LogP contribution in [-0.2, 0) is 12.7 Å². The van der Waals surface area contributed by atoms with Crippen LogP contribution in [0.1, 0.15) is 11.3 Å². The fourth-order valence-electron chi connectivity index (χ4n) is 1.49. The lowest BCUT2D eigenvalue weighted by molar-refractivity contribution is -0.143. The first-order chi connectivity index (χ1) is 7.98. The fraction of sp³-hybridized carbons (Fsp3) is 0.182. The summed E-state index contributed by atoms with van der Waals surface area (Å²) in [5.41, 5.74) is -0.0220. The van der Waals surface area contributed by atoms with Gasteiger partial charge in [-0.25, -0.2) is 0 Å². The van der Waals surface area contributed by atoms with Gasteiger partial charge < -0.3 is 4.57 Å². The van der Waals surface area contributed by atoms with E-state index in [0.717, 1.165) is 26.8 Å². The summed E-state index contributed by atoms with van der Waals surface area (Å²) in [6.07, 6.45) is -4.41. The Morgan fingerprint density at radius 1 is 1.18 bits per heavy atom. The molecule has 1 heterocycles. The van der Waals surface area contributed by atoms with Gasteiger partial charge in [-0.15, -0.1) is 11.3 Å². The van der Waals surface area contributed by atoms with E-state index in [1.807, 2.05) is 0 Å². The smallest absolute Gasteiger partial charge is 0.309 e. The van der Waals surface area contributed by atoms with E-state index in [1.54, 1.807) is 30.3 Å². The summed E-state index contributed by atoms with van der Waals surface area (Å²) in [5.74, 6) is 0. The van der Waals surface area contributed by atoms with Crippen LogP contribution in [0.15, 0.2) is 35.7 Å².